The van der Waals surface area contributed by atoms with E-state index in [4.69, 9.17) is 19.7 Å². The number of rotatable bonds is 4. The molecule has 0 amide bonds. The minimum Gasteiger partial charge on any atom is -0.496 e. The quantitative estimate of drug-likeness (QED) is 0.921. The Hall–Kier alpha value is -2.24. The molecule has 6 heteroatoms. The lowest BCUT2D eigenvalue weighted by Gasteiger charge is -2.15. The predicted molar refractivity (Wildman–Crippen MR) is 69.0 cm³/mol. The van der Waals surface area contributed by atoms with Crippen molar-refractivity contribution in [1.29, 1.82) is 0 Å². The van der Waals surface area contributed by atoms with Crippen LogP contribution >= 0.6 is 0 Å². The minimum absolute atomic E-state index is 0.154. The van der Waals surface area contributed by atoms with Crippen LogP contribution in [0.3, 0.4) is 0 Å². The van der Waals surface area contributed by atoms with Crippen LogP contribution in [0.15, 0.2) is 22.9 Å². The van der Waals surface area contributed by atoms with E-state index in [1.54, 1.807) is 12.1 Å². The molecule has 0 saturated heterocycles. The van der Waals surface area contributed by atoms with Gasteiger partial charge < -0.3 is 19.7 Å². The van der Waals surface area contributed by atoms with Crippen molar-refractivity contribution >= 4 is 5.88 Å². The molecule has 5 nitrogen and oxygen atoms in total. The third-order valence-electron chi connectivity index (χ3n) is 2.87. The fourth-order valence-electron chi connectivity index (χ4n) is 1.90. The van der Waals surface area contributed by atoms with Gasteiger partial charge >= 0.3 is 0 Å². The molecule has 0 radical (unpaired) electrons. The van der Waals surface area contributed by atoms with Gasteiger partial charge in [0.1, 0.15) is 17.7 Å². The average molecular weight is 266 g/mol. The van der Waals surface area contributed by atoms with Crippen LogP contribution < -0.4 is 15.2 Å². The van der Waals surface area contributed by atoms with Gasteiger partial charge in [0, 0.05) is 17.2 Å². The van der Waals surface area contributed by atoms with Crippen molar-refractivity contribution in [2.75, 3.05) is 20.0 Å². The number of nitrogens with two attached hydrogens (primary N) is 1. The molecule has 0 bridgehead atoms. The maximum absolute atomic E-state index is 13.6. The van der Waals surface area contributed by atoms with E-state index in [1.165, 1.54) is 27.3 Å². The topological polar surface area (TPSA) is 70.5 Å². The summed E-state index contributed by atoms with van der Waals surface area (Å²) in [5.41, 5.74) is 7.27. The van der Waals surface area contributed by atoms with E-state index in [0.717, 1.165) is 0 Å². The van der Waals surface area contributed by atoms with Gasteiger partial charge in [0.15, 0.2) is 0 Å². The first-order valence-corrected chi connectivity index (χ1v) is 5.69. The van der Waals surface area contributed by atoms with E-state index in [2.05, 4.69) is 5.16 Å². The van der Waals surface area contributed by atoms with Crippen LogP contribution in [-0.4, -0.2) is 19.4 Å². The van der Waals surface area contributed by atoms with E-state index in [9.17, 15) is 4.39 Å². The summed E-state index contributed by atoms with van der Waals surface area (Å²) in [4.78, 5) is 0. The van der Waals surface area contributed by atoms with Crippen molar-refractivity contribution < 1.29 is 18.4 Å². The van der Waals surface area contributed by atoms with Gasteiger partial charge in [0.25, 0.3) is 0 Å². The fourth-order valence-corrected chi connectivity index (χ4v) is 1.90. The number of methoxy groups -OCH3 is 2. The molecule has 0 aliphatic heterocycles. The Morgan fingerprint density at radius 1 is 1.21 bits per heavy atom. The summed E-state index contributed by atoms with van der Waals surface area (Å²) >= 11 is 0. The second-order valence-electron chi connectivity index (χ2n) is 4.01. The molecule has 1 unspecified atom stereocenters. The smallest absolute Gasteiger partial charge is 0.230 e. The Bertz CT molecular complexity index is 581. The van der Waals surface area contributed by atoms with Crippen LogP contribution in [0.25, 0.3) is 11.1 Å². The molecule has 0 aliphatic rings. The zero-order valence-electron chi connectivity index (χ0n) is 10.9. The second kappa shape index (κ2) is 5.17. The van der Waals surface area contributed by atoms with Crippen LogP contribution in [-0.2, 0) is 0 Å². The number of anilines is 1. The standard InChI is InChI=1S/C13H15FN2O3/c1-7(14)8-4-9(10-6-16-19-13(10)15)12(18-3)5-11(8)17-2/h4-7H,15H2,1-3H3. The fraction of sp³-hybridized carbons (Fsp3) is 0.308. The molecule has 19 heavy (non-hydrogen) atoms. The van der Waals surface area contributed by atoms with Gasteiger partial charge in [-0.1, -0.05) is 5.16 Å². The summed E-state index contributed by atoms with van der Waals surface area (Å²) in [5.74, 6) is 1.09. The lowest BCUT2D eigenvalue weighted by Crippen LogP contribution is -1.98. The number of alkyl halides is 1. The first kappa shape index (κ1) is 13.2. The number of benzene rings is 1. The minimum atomic E-state index is -1.18. The van der Waals surface area contributed by atoms with Crippen LogP contribution in [0.4, 0.5) is 10.3 Å². The summed E-state index contributed by atoms with van der Waals surface area (Å²) in [6, 6.07) is 3.25. The van der Waals surface area contributed by atoms with E-state index >= 15 is 0 Å². The Labute approximate surface area is 110 Å². The largest absolute Gasteiger partial charge is 0.496 e. The first-order chi connectivity index (χ1) is 9.08. The Balaban J connectivity index is 2.66. The lowest BCUT2D eigenvalue weighted by molar-refractivity contribution is 0.343. The number of halogens is 1. The number of hydrogen-bond acceptors (Lipinski definition) is 5. The molecule has 0 saturated carbocycles. The molecular weight excluding hydrogens is 251 g/mol. The molecule has 2 rings (SSSR count). The van der Waals surface area contributed by atoms with Crippen molar-refractivity contribution in [3.05, 3.63) is 23.9 Å². The van der Waals surface area contributed by atoms with Crippen molar-refractivity contribution in [1.82, 2.24) is 5.16 Å². The Kier molecular flexibility index (Phi) is 3.59. The lowest BCUT2D eigenvalue weighted by atomic mass is 10.0. The Morgan fingerprint density at radius 2 is 1.89 bits per heavy atom. The molecule has 1 aromatic heterocycles. The van der Waals surface area contributed by atoms with Gasteiger partial charge in [0.2, 0.25) is 5.88 Å². The molecule has 102 valence electrons. The van der Waals surface area contributed by atoms with E-state index in [1.807, 2.05) is 0 Å². The van der Waals surface area contributed by atoms with Gasteiger partial charge in [-0.25, -0.2) is 4.39 Å². The Morgan fingerprint density at radius 3 is 2.37 bits per heavy atom. The van der Waals surface area contributed by atoms with E-state index in [-0.39, 0.29) is 5.88 Å². The van der Waals surface area contributed by atoms with Gasteiger partial charge in [-0.05, 0) is 13.0 Å². The number of aromatic nitrogens is 1. The highest BCUT2D eigenvalue weighted by atomic mass is 19.1. The molecule has 2 aromatic rings. The summed E-state index contributed by atoms with van der Waals surface area (Å²) < 4.78 is 28.9. The monoisotopic (exact) mass is 266 g/mol. The summed E-state index contributed by atoms with van der Waals surface area (Å²) in [6.07, 6.45) is 0.285. The molecule has 0 spiro atoms. The maximum Gasteiger partial charge on any atom is 0.230 e. The molecule has 1 heterocycles. The second-order valence-corrected chi connectivity index (χ2v) is 4.01. The molecule has 1 aromatic carbocycles. The summed E-state index contributed by atoms with van der Waals surface area (Å²) in [5, 5.41) is 3.61. The van der Waals surface area contributed by atoms with Crippen molar-refractivity contribution in [3.63, 3.8) is 0 Å². The highest BCUT2D eigenvalue weighted by Gasteiger charge is 2.19. The third kappa shape index (κ3) is 2.33. The van der Waals surface area contributed by atoms with Crippen molar-refractivity contribution in [2.24, 2.45) is 0 Å². The highest BCUT2D eigenvalue weighted by Crippen LogP contribution is 2.40. The van der Waals surface area contributed by atoms with Crippen molar-refractivity contribution in [3.8, 4) is 22.6 Å². The van der Waals surface area contributed by atoms with Gasteiger partial charge in [-0.15, -0.1) is 0 Å². The van der Waals surface area contributed by atoms with Crippen LogP contribution in [0.5, 0.6) is 11.5 Å². The number of hydrogen-bond donors (Lipinski definition) is 1. The SMILES string of the molecule is COc1cc(OC)c(C(C)F)cc1-c1cnoc1N. The average Bonchev–Trinajstić information content (AvgIpc) is 2.83. The number of ether oxygens (including phenoxy) is 2. The van der Waals surface area contributed by atoms with Crippen LogP contribution in [0, 0.1) is 0 Å². The molecule has 1 atom stereocenters. The molecule has 0 aliphatic carbocycles. The van der Waals surface area contributed by atoms with Gasteiger partial charge in [-0.2, -0.15) is 0 Å². The zero-order valence-corrected chi connectivity index (χ0v) is 10.9. The number of nitrogens with zero attached hydrogens (tertiary/aromatic N) is 1. The molecule has 0 fully saturated rings. The summed E-state index contributed by atoms with van der Waals surface area (Å²) in [6.45, 7) is 1.44. The molecular formula is C13H15FN2O3. The summed E-state index contributed by atoms with van der Waals surface area (Å²) in [7, 11) is 2.99. The third-order valence-corrected chi connectivity index (χ3v) is 2.87. The maximum atomic E-state index is 13.6. The van der Waals surface area contributed by atoms with Gasteiger partial charge in [0.05, 0.1) is 26.0 Å². The normalized spacial score (nSPS) is 12.2. The van der Waals surface area contributed by atoms with Gasteiger partial charge in [-0.3, -0.25) is 0 Å². The number of nitrogen functional groups attached to an aromatic ring is 1. The molecule has 2 N–H and O–H groups in total. The van der Waals surface area contributed by atoms with Crippen molar-refractivity contribution in [2.45, 2.75) is 13.1 Å². The first-order valence-electron chi connectivity index (χ1n) is 5.69. The predicted octanol–water partition coefficient (Wildman–Crippen LogP) is 2.97. The van der Waals surface area contributed by atoms with Crippen LogP contribution in [0.2, 0.25) is 0 Å². The zero-order chi connectivity index (χ0) is 14.0. The van der Waals surface area contributed by atoms with Crippen LogP contribution in [0.1, 0.15) is 18.7 Å². The highest BCUT2D eigenvalue weighted by molar-refractivity contribution is 5.78. The van der Waals surface area contributed by atoms with E-state index < -0.39 is 6.17 Å². The van der Waals surface area contributed by atoms with E-state index in [0.29, 0.717) is 28.2 Å².